The molecule has 2 aliphatic rings. The average molecular weight is 319 g/mol. The molecule has 0 radical (unpaired) electrons. The molecule has 0 aromatic carbocycles. The van der Waals surface area contributed by atoms with Crippen molar-refractivity contribution in [1.82, 2.24) is 15.0 Å². The molecule has 0 spiro atoms. The van der Waals surface area contributed by atoms with Gasteiger partial charge in [0.05, 0.1) is 0 Å². The highest BCUT2D eigenvalue weighted by Crippen LogP contribution is 2.33. The zero-order chi connectivity index (χ0) is 16.1. The molecule has 3 rings (SSSR count). The van der Waals surface area contributed by atoms with E-state index >= 15 is 0 Å². The number of rotatable bonds is 6. The van der Waals surface area contributed by atoms with E-state index in [2.05, 4.69) is 17.1 Å². The van der Waals surface area contributed by atoms with Gasteiger partial charge >= 0.3 is 0 Å². The van der Waals surface area contributed by atoms with Gasteiger partial charge in [-0.05, 0) is 38.0 Å². The van der Waals surface area contributed by atoms with E-state index in [-0.39, 0.29) is 11.9 Å². The number of aryl methyl sites for hydroxylation is 1. The van der Waals surface area contributed by atoms with Crippen molar-refractivity contribution in [2.45, 2.75) is 83.6 Å². The van der Waals surface area contributed by atoms with Gasteiger partial charge in [0.25, 0.3) is 0 Å². The average Bonchev–Trinajstić information content (AvgIpc) is 3.25. The van der Waals surface area contributed by atoms with Crippen LogP contribution in [0.25, 0.3) is 0 Å². The second kappa shape index (κ2) is 7.93. The van der Waals surface area contributed by atoms with Crippen LogP contribution in [0.4, 0.5) is 0 Å². The summed E-state index contributed by atoms with van der Waals surface area (Å²) in [6, 6.07) is -0.00191. The van der Waals surface area contributed by atoms with Crippen LogP contribution in [0.5, 0.6) is 0 Å². The number of carbonyl (C=O) groups excluding carboxylic acids is 1. The number of piperidine rings is 1. The third kappa shape index (κ3) is 4.12. The van der Waals surface area contributed by atoms with Crippen molar-refractivity contribution in [2.75, 3.05) is 6.54 Å². The van der Waals surface area contributed by atoms with Crippen molar-refractivity contribution in [3.05, 3.63) is 11.7 Å². The Morgan fingerprint density at radius 2 is 2.00 bits per heavy atom. The highest BCUT2D eigenvalue weighted by Gasteiger charge is 2.32. The summed E-state index contributed by atoms with van der Waals surface area (Å²) in [6.45, 7) is 2.94. The maximum Gasteiger partial charge on any atom is 0.249 e. The molecular formula is C18H29N3O2. The Balaban J connectivity index is 1.61. The van der Waals surface area contributed by atoms with Crippen LogP contribution in [-0.4, -0.2) is 27.5 Å². The van der Waals surface area contributed by atoms with E-state index in [0.29, 0.717) is 12.3 Å². The highest BCUT2D eigenvalue weighted by atomic mass is 16.5. The molecule has 1 aliphatic heterocycles. The highest BCUT2D eigenvalue weighted by molar-refractivity contribution is 5.76. The zero-order valence-electron chi connectivity index (χ0n) is 14.3. The summed E-state index contributed by atoms with van der Waals surface area (Å²) < 4.78 is 5.46. The number of amides is 1. The molecular weight excluding hydrogens is 290 g/mol. The fourth-order valence-electron chi connectivity index (χ4n) is 3.99. The second-order valence-electron chi connectivity index (χ2n) is 7.09. The number of likely N-dealkylation sites (tertiary alicyclic amines) is 1. The Morgan fingerprint density at radius 3 is 2.78 bits per heavy atom. The van der Waals surface area contributed by atoms with Gasteiger partial charge in [-0.25, -0.2) is 0 Å². The van der Waals surface area contributed by atoms with Gasteiger partial charge in [0.2, 0.25) is 11.8 Å². The van der Waals surface area contributed by atoms with E-state index in [9.17, 15) is 4.79 Å². The molecule has 0 bridgehead atoms. The summed E-state index contributed by atoms with van der Waals surface area (Å²) in [5, 5.41) is 4.06. The molecule has 1 aromatic rings. The van der Waals surface area contributed by atoms with Crippen LogP contribution in [0.3, 0.4) is 0 Å². The van der Waals surface area contributed by atoms with Crippen LogP contribution in [-0.2, 0) is 11.2 Å². The normalized spacial score (nSPS) is 22.7. The first kappa shape index (κ1) is 16.5. The molecule has 5 nitrogen and oxygen atoms in total. The SMILES string of the molecule is CCCc1noc([C@@H]2CCCCN2C(=O)CCC2CCCC2)n1. The molecule has 1 saturated carbocycles. The molecule has 2 heterocycles. The molecule has 1 saturated heterocycles. The van der Waals surface area contributed by atoms with E-state index in [1.165, 1.54) is 25.7 Å². The van der Waals surface area contributed by atoms with Crippen molar-refractivity contribution in [2.24, 2.45) is 5.92 Å². The van der Waals surface area contributed by atoms with Crippen LogP contribution < -0.4 is 0 Å². The fraction of sp³-hybridized carbons (Fsp3) is 0.833. The van der Waals surface area contributed by atoms with Crippen molar-refractivity contribution < 1.29 is 9.32 Å². The van der Waals surface area contributed by atoms with E-state index in [0.717, 1.165) is 56.8 Å². The van der Waals surface area contributed by atoms with E-state index < -0.39 is 0 Å². The maximum atomic E-state index is 12.7. The van der Waals surface area contributed by atoms with Gasteiger partial charge in [0, 0.05) is 19.4 Å². The molecule has 1 amide bonds. The van der Waals surface area contributed by atoms with E-state index in [4.69, 9.17) is 4.52 Å². The number of hydrogen-bond donors (Lipinski definition) is 0. The third-order valence-corrected chi connectivity index (χ3v) is 5.31. The first-order chi connectivity index (χ1) is 11.3. The maximum absolute atomic E-state index is 12.7. The van der Waals surface area contributed by atoms with Crippen molar-refractivity contribution in [3.8, 4) is 0 Å². The van der Waals surface area contributed by atoms with Crippen molar-refractivity contribution >= 4 is 5.91 Å². The lowest BCUT2D eigenvalue weighted by Crippen LogP contribution is -2.38. The Hall–Kier alpha value is -1.39. The summed E-state index contributed by atoms with van der Waals surface area (Å²) in [5.41, 5.74) is 0. The predicted octanol–water partition coefficient (Wildman–Crippen LogP) is 4.05. The van der Waals surface area contributed by atoms with Crippen LogP contribution in [0.1, 0.15) is 88.9 Å². The molecule has 2 fully saturated rings. The molecule has 0 N–H and O–H groups in total. The molecule has 1 aromatic heterocycles. The molecule has 5 heteroatoms. The lowest BCUT2D eigenvalue weighted by molar-refractivity contribution is -0.136. The Labute approximate surface area is 138 Å². The summed E-state index contributed by atoms with van der Waals surface area (Å²) >= 11 is 0. The molecule has 128 valence electrons. The van der Waals surface area contributed by atoms with Gasteiger partial charge in [-0.3, -0.25) is 4.79 Å². The molecule has 0 unspecified atom stereocenters. The van der Waals surface area contributed by atoms with Crippen LogP contribution in [0.2, 0.25) is 0 Å². The topological polar surface area (TPSA) is 59.2 Å². The Morgan fingerprint density at radius 1 is 1.22 bits per heavy atom. The minimum absolute atomic E-state index is 0.00191. The first-order valence-electron chi connectivity index (χ1n) is 9.40. The second-order valence-corrected chi connectivity index (χ2v) is 7.09. The minimum atomic E-state index is -0.00191. The quantitative estimate of drug-likeness (QED) is 0.794. The summed E-state index contributed by atoms with van der Waals surface area (Å²) in [7, 11) is 0. The lowest BCUT2D eigenvalue weighted by Gasteiger charge is -2.33. The van der Waals surface area contributed by atoms with Gasteiger partial charge < -0.3 is 9.42 Å². The molecule has 1 atom stereocenters. The van der Waals surface area contributed by atoms with Gasteiger partial charge in [0.1, 0.15) is 6.04 Å². The van der Waals surface area contributed by atoms with Crippen molar-refractivity contribution in [3.63, 3.8) is 0 Å². The van der Waals surface area contributed by atoms with E-state index in [1.54, 1.807) is 0 Å². The summed E-state index contributed by atoms with van der Waals surface area (Å²) in [6.07, 6.45) is 12.0. The number of aromatic nitrogens is 2. The standard InChI is InChI=1S/C18H29N3O2/c1-2-7-16-19-18(23-20-16)15-10-5-6-13-21(15)17(22)12-11-14-8-3-4-9-14/h14-15H,2-13H2,1H3/t15-/m0/s1. The Kier molecular flexibility index (Phi) is 5.68. The van der Waals surface area contributed by atoms with Crippen LogP contribution in [0.15, 0.2) is 4.52 Å². The Bertz CT molecular complexity index is 508. The van der Waals surface area contributed by atoms with Crippen molar-refractivity contribution in [1.29, 1.82) is 0 Å². The predicted molar refractivity (Wildman–Crippen MR) is 87.8 cm³/mol. The summed E-state index contributed by atoms with van der Waals surface area (Å²) in [4.78, 5) is 19.2. The minimum Gasteiger partial charge on any atom is -0.337 e. The number of nitrogens with zero attached hydrogens (tertiary/aromatic N) is 3. The molecule has 23 heavy (non-hydrogen) atoms. The fourth-order valence-corrected chi connectivity index (χ4v) is 3.99. The van der Waals surface area contributed by atoms with Crippen LogP contribution >= 0.6 is 0 Å². The smallest absolute Gasteiger partial charge is 0.249 e. The van der Waals surface area contributed by atoms with E-state index in [1.807, 2.05) is 4.90 Å². The van der Waals surface area contributed by atoms with Gasteiger partial charge in [-0.15, -0.1) is 0 Å². The van der Waals surface area contributed by atoms with Crippen LogP contribution in [0, 0.1) is 5.92 Å². The van der Waals surface area contributed by atoms with Gasteiger partial charge in [-0.1, -0.05) is 37.8 Å². The monoisotopic (exact) mass is 319 g/mol. The van der Waals surface area contributed by atoms with Gasteiger partial charge in [-0.2, -0.15) is 4.98 Å². The lowest BCUT2D eigenvalue weighted by atomic mass is 9.98. The third-order valence-electron chi connectivity index (χ3n) is 5.31. The number of carbonyl (C=O) groups is 1. The van der Waals surface area contributed by atoms with Gasteiger partial charge in [0.15, 0.2) is 5.82 Å². The first-order valence-corrected chi connectivity index (χ1v) is 9.40. The number of hydrogen-bond acceptors (Lipinski definition) is 4. The molecule has 1 aliphatic carbocycles. The largest absolute Gasteiger partial charge is 0.337 e. The summed E-state index contributed by atoms with van der Waals surface area (Å²) in [5.74, 6) is 2.45. The zero-order valence-corrected chi connectivity index (χ0v) is 14.3.